The molecular formula is C13H21BrN2. The van der Waals surface area contributed by atoms with E-state index in [-0.39, 0.29) is 5.41 Å². The maximum absolute atomic E-state index is 4.48. The van der Waals surface area contributed by atoms with Crippen LogP contribution in [0.1, 0.15) is 33.4 Å². The number of nitrogens with zero attached hydrogens (tertiary/aromatic N) is 1. The van der Waals surface area contributed by atoms with E-state index >= 15 is 0 Å². The van der Waals surface area contributed by atoms with Gasteiger partial charge in [0, 0.05) is 11.0 Å². The highest BCUT2D eigenvalue weighted by atomic mass is 79.9. The van der Waals surface area contributed by atoms with Crippen molar-refractivity contribution in [1.82, 2.24) is 4.98 Å². The van der Waals surface area contributed by atoms with Crippen molar-refractivity contribution in [2.75, 3.05) is 11.9 Å². The lowest BCUT2D eigenvalue weighted by Crippen LogP contribution is -2.28. The molecule has 1 aromatic rings. The van der Waals surface area contributed by atoms with Crippen LogP contribution >= 0.6 is 15.9 Å². The van der Waals surface area contributed by atoms with Crippen molar-refractivity contribution < 1.29 is 0 Å². The minimum atomic E-state index is 0.280. The molecule has 0 bridgehead atoms. The lowest BCUT2D eigenvalue weighted by Gasteiger charge is -2.29. The Morgan fingerprint density at radius 1 is 1.38 bits per heavy atom. The number of hydrogen-bond donors (Lipinski definition) is 1. The van der Waals surface area contributed by atoms with Gasteiger partial charge in [-0.15, -0.1) is 0 Å². The Hall–Kier alpha value is -0.570. The van der Waals surface area contributed by atoms with E-state index in [9.17, 15) is 0 Å². The third-order valence-electron chi connectivity index (χ3n) is 3.31. The van der Waals surface area contributed by atoms with E-state index < -0.39 is 0 Å². The Morgan fingerprint density at radius 2 is 2.00 bits per heavy atom. The Morgan fingerprint density at radius 3 is 2.50 bits per heavy atom. The highest BCUT2D eigenvalue weighted by molar-refractivity contribution is 9.10. The minimum Gasteiger partial charge on any atom is -0.370 e. The van der Waals surface area contributed by atoms with E-state index in [0.717, 1.165) is 22.5 Å². The zero-order chi connectivity index (χ0) is 12.3. The summed E-state index contributed by atoms with van der Waals surface area (Å²) >= 11 is 3.45. The highest BCUT2D eigenvalue weighted by Gasteiger charge is 2.21. The van der Waals surface area contributed by atoms with Crippen LogP contribution in [0.3, 0.4) is 0 Å². The Bertz CT molecular complexity index is 359. The fourth-order valence-corrected chi connectivity index (χ4v) is 1.39. The lowest BCUT2D eigenvalue weighted by molar-refractivity contribution is 0.269. The van der Waals surface area contributed by atoms with Crippen LogP contribution in [0.2, 0.25) is 0 Å². The van der Waals surface area contributed by atoms with Crippen molar-refractivity contribution in [2.45, 2.75) is 34.6 Å². The van der Waals surface area contributed by atoms with Crippen molar-refractivity contribution in [3.05, 3.63) is 22.3 Å². The predicted molar refractivity (Wildman–Crippen MR) is 73.8 cm³/mol. The first-order valence-electron chi connectivity index (χ1n) is 5.70. The van der Waals surface area contributed by atoms with Gasteiger partial charge in [-0.05, 0) is 46.3 Å². The standard InChI is InChI=1S/C13H21BrN2/c1-9(2)13(4,5)8-15-12-7-6-11(14)10(3)16-12/h6-7,9H,8H2,1-5H3,(H,15,16). The van der Waals surface area contributed by atoms with Gasteiger partial charge in [0.15, 0.2) is 0 Å². The smallest absolute Gasteiger partial charge is 0.126 e. The van der Waals surface area contributed by atoms with Crippen molar-refractivity contribution in [3.63, 3.8) is 0 Å². The molecule has 0 aliphatic rings. The van der Waals surface area contributed by atoms with Crippen molar-refractivity contribution in [2.24, 2.45) is 11.3 Å². The second kappa shape index (κ2) is 5.17. The molecule has 1 aromatic heterocycles. The van der Waals surface area contributed by atoms with Gasteiger partial charge in [-0.1, -0.05) is 27.7 Å². The van der Waals surface area contributed by atoms with E-state index in [1.165, 1.54) is 0 Å². The zero-order valence-electron chi connectivity index (χ0n) is 10.8. The first-order valence-corrected chi connectivity index (χ1v) is 6.49. The highest BCUT2D eigenvalue weighted by Crippen LogP contribution is 2.26. The minimum absolute atomic E-state index is 0.280. The molecule has 90 valence electrons. The quantitative estimate of drug-likeness (QED) is 0.894. The van der Waals surface area contributed by atoms with Gasteiger partial charge in [0.25, 0.3) is 0 Å². The maximum Gasteiger partial charge on any atom is 0.126 e. The van der Waals surface area contributed by atoms with Gasteiger partial charge >= 0.3 is 0 Å². The monoisotopic (exact) mass is 284 g/mol. The number of aromatic nitrogens is 1. The predicted octanol–water partition coefficient (Wildman–Crippen LogP) is 4.25. The summed E-state index contributed by atoms with van der Waals surface area (Å²) < 4.78 is 1.06. The lowest BCUT2D eigenvalue weighted by atomic mass is 9.81. The van der Waals surface area contributed by atoms with Crippen molar-refractivity contribution in [1.29, 1.82) is 0 Å². The van der Waals surface area contributed by atoms with Crippen LogP contribution in [-0.4, -0.2) is 11.5 Å². The molecule has 1 heterocycles. The molecule has 2 nitrogen and oxygen atoms in total. The van der Waals surface area contributed by atoms with E-state index in [1.807, 2.05) is 19.1 Å². The molecule has 0 unspecified atom stereocenters. The number of aryl methyl sites for hydroxylation is 1. The molecule has 3 heteroatoms. The third kappa shape index (κ3) is 3.48. The van der Waals surface area contributed by atoms with Crippen LogP contribution in [0.4, 0.5) is 5.82 Å². The van der Waals surface area contributed by atoms with Gasteiger partial charge in [-0.25, -0.2) is 4.98 Å². The molecule has 16 heavy (non-hydrogen) atoms. The SMILES string of the molecule is Cc1nc(NCC(C)(C)C(C)C)ccc1Br. The second-order valence-corrected chi connectivity index (χ2v) is 6.11. The molecule has 0 amide bonds. The van der Waals surface area contributed by atoms with Crippen molar-refractivity contribution >= 4 is 21.7 Å². The molecule has 1 rings (SSSR count). The zero-order valence-corrected chi connectivity index (χ0v) is 12.4. The number of hydrogen-bond acceptors (Lipinski definition) is 2. The summed E-state index contributed by atoms with van der Waals surface area (Å²) in [6.45, 7) is 12.0. The summed E-state index contributed by atoms with van der Waals surface area (Å²) in [6.07, 6.45) is 0. The summed E-state index contributed by atoms with van der Waals surface area (Å²) in [4.78, 5) is 4.48. The van der Waals surface area contributed by atoms with E-state index in [0.29, 0.717) is 5.92 Å². The molecule has 0 aromatic carbocycles. The largest absolute Gasteiger partial charge is 0.370 e. The molecule has 0 aliphatic heterocycles. The van der Waals surface area contributed by atoms with E-state index in [1.54, 1.807) is 0 Å². The molecule has 1 N–H and O–H groups in total. The van der Waals surface area contributed by atoms with Crippen LogP contribution in [0.25, 0.3) is 0 Å². The molecule has 0 fully saturated rings. The van der Waals surface area contributed by atoms with Crippen molar-refractivity contribution in [3.8, 4) is 0 Å². The summed E-state index contributed by atoms with van der Waals surface area (Å²) in [7, 11) is 0. The third-order valence-corrected chi connectivity index (χ3v) is 4.15. The fourth-order valence-electron chi connectivity index (χ4n) is 1.16. The summed E-state index contributed by atoms with van der Waals surface area (Å²) in [5, 5.41) is 3.40. The Labute approximate surface area is 107 Å². The number of pyridine rings is 1. The van der Waals surface area contributed by atoms with Gasteiger partial charge in [0.1, 0.15) is 5.82 Å². The Balaban J connectivity index is 2.65. The van der Waals surface area contributed by atoms with Crippen LogP contribution < -0.4 is 5.32 Å². The van der Waals surface area contributed by atoms with Gasteiger partial charge in [0.05, 0.1) is 5.69 Å². The van der Waals surface area contributed by atoms with Gasteiger partial charge in [-0.2, -0.15) is 0 Å². The molecule has 0 radical (unpaired) electrons. The average Bonchev–Trinajstić information content (AvgIpc) is 2.20. The number of rotatable bonds is 4. The van der Waals surface area contributed by atoms with Gasteiger partial charge in [0.2, 0.25) is 0 Å². The first kappa shape index (κ1) is 13.5. The molecule has 0 atom stereocenters. The van der Waals surface area contributed by atoms with E-state index in [2.05, 4.69) is 53.9 Å². The molecular weight excluding hydrogens is 264 g/mol. The molecule has 0 aliphatic carbocycles. The topological polar surface area (TPSA) is 24.9 Å². The summed E-state index contributed by atoms with van der Waals surface area (Å²) in [6, 6.07) is 4.04. The number of halogens is 1. The summed E-state index contributed by atoms with van der Waals surface area (Å²) in [5.41, 5.74) is 1.30. The van der Waals surface area contributed by atoms with Gasteiger partial charge in [-0.3, -0.25) is 0 Å². The molecule has 0 spiro atoms. The second-order valence-electron chi connectivity index (χ2n) is 5.26. The number of nitrogens with one attached hydrogen (secondary N) is 1. The molecule has 0 saturated heterocycles. The molecule has 0 saturated carbocycles. The number of anilines is 1. The van der Waals surface area contributed by atoms with E-state index in [4.69, 9.17) is 0 Å². The van der Waals surface area contributed by atoms with Gasteiger partial charge < -0.3 is 5.32 Å². The first-order chi connectivity index (χ1) is 7.33. The normalized spacial score (nSPS) is 11.9. The summed E-state index contributed by atoms with van der Waals surface area (Å²) in [5.74, 6) is 1.60. The maximum atomic E-state index is 4.48. The van der Waals surface area contributed by atoms with Crippen LogP contribution in [0.15, 0.2) is 16.6 Å². The fraction of sp³-hybridized carbons (Fsp3) is 0.615. The van der Waals surface area contributed by atoms with Crippen LogP contribution in [0, 0.1) is 18.3 Å². The van der Waals surface area contributed by atoms with Crippen LogP contribution in [0.5, 0.6) is 0 Å². The Kier molecular flexibility index (Phi) is 4.36. The average molecular weight is 285 g/mol. The van der Waals surface area contributed by atoms with Crippen LogP contribution in [-0.2, 0) is 0 Å².